The molecule has 1 N–H and O–H groups in total. The fourth-order valence-electron chi connectivity index (χ4n) is 2.02. The lowest BCUT2D eigenvalue weighted by Crippen LogP contribution is -2.22. The smallest absolute Gasteiger partial charge is 0.0462 e. The van der Waals surface area contributed by atoms with Gasteiger partial charge in [-0.3, -0.25) is 0 Å². The molecule has 2 nitrogen and oxygen atoms in total. The number of rotatable bonds is 8. The summed E-state index contributed by atoms with van der Waals surface area (Å²) in [4.78, 5) is 0. The second-order valence-corrected chi connectivity index (χ2v) is 5.06. The lowest BCUT2D eigenvalue weighted by Gasteiger charge is -2.19. The largest absolute Gasteiger partial charge is 0.385 e. The van der Waals surface area contributed by atoms with E-state index in [0.29, 0.717) is 6.04 Å². The van der Waals surface area contributed by atoms with Crippen molar-refractivity contribution < 1.29 is 4.74 Å². The topological polar surface area (TPSA) is 21.3 Å². The molecule has 1 atom stereocenters. The molecule has 0 saturated carbocycles. The molecule has 1 aromatic carbocycles. The maximum absolute atomic E-state index is 6.08. The van der Waals surface area contributed by atoms with Crippen LogP contribution in [0.15, 0.2) is 18.2 Å². The summed E-state index contributed by atoms with van der Waals surface area (Å²) < 4.78 is 5.13. The highest BCUT2D eigenvalue weighted by molar-refractivity contribution is 6.31. The van der Waals surface area contributed by atoms with E-state index in [2.05, 4.69) is 31.3 Å². The van der Waals surface area contributed by atoms with Crippen LogP contribution in [0.2, 0.25) is 5.02 Å². The molecule has 0 heterocycles. The van der Waals surface area contributed by atoms with Gasteiger partial charge in [-0.05, 0) is 49.9 Å². The van der Waals surface area contributed by atoms with Gasteiger partial charge in [-0.25, -0.2) is 0 Å². The zero-order chi connectivity index (χ0) is 13.4. The Kier molecular flexibility index (Phi) is 7.33. The first-order chi connectivity index (χ1) is 8.69. The molecule has 3 heteroatoms. The summed E-state index contributed by atoms with van der Waals surface area (Å²) in [5.41, 5.74) is 2.46. The molecule has 0 aliphatic heterocycles. The van der Waals surface area contributed by atoms with Crippen LogP contribution < -0.4 is 5.32 Å². The lowest BCUT2D eigenvalue weighted by atomic mass is 10.00. The van der Waals surface area contributed by atoms with Crippen LogP contribution >= 0.6 is 11.6 Å². The average molecular weight is 270 g/mol. The van der Waals surface area contributed by atoms with Crippen LogP contribution in [-0.2, 0) is 4.74 Å². The van der Waals surface area contributed by atoms with Gasteiger partial charge in [0, 0.05) is 24.8 Å². The van der Waals surface area contributed by atoms with Crippen LogP contribution in [0.5, 0.6) is 0 Å². The maximum atomic E-state index is 6.08. The Morgan fingerprint density at radius 1 is 1.39 bits per heavy atom. The quantitative estimate of drug-likeness (QED) is 0.717. The summed E-state index contributed by atoms with van der Waals surface area (Å²) >= 11 is 6.08. The zero-order valence-electron chi connectivity index (χ0n) is 11.6. The van der Waals surface area contributed by atoms with Crippen LogP contribution in [-0.4, -0.2) is 20.3 Å². The van der Waals surface area contributed by atoms with Crippen LogP contribution in [0.3, 0.4) is 0 Å². The van der Waals surface area contributed by atoms with Crippen molar-refractivity contribution in [3.05, 3.63) is 34.3 Å². The van der Waals surface area contributed by atoms with Gasteiger partial charge in [0.1, 0.15) is 0 Å². The number of benzene rings is 1. The van der Waals surface area contributed by atoms with E-state index in [1.165, 1.54) is 5.56 Å². The summed E-state index contributed by atoms with van der Waals surface area (Å²) in [6.45, 7) is 6.10. The van der Waals surface area contributed by atoms with Gasteiger partial charge >= 0.3 is 0 Å². The molecule has 0 aromatic heterocycles. The highest BCUT2D eigenvalue weighted by Gasteiger charge is 2.11. The predicted molar refractivity (Wildman–Crippen MR) is 78.3 cm³/mol. The van der Waals surface area contributed by atoms with E-state index < -0.39 is 0 Å². The lowest BCUT2D eigenvalue weighted by molar-refractivity contribution is 0.188. The summed E-state index contributed by atoms with van der Waals surface area (Å²) in [7, 11) is 1.75. The first-order valence-corrected chi connectivity index (χ1v) is 7.05. The van der Waals surface area contributed by atoms with Crippen LogP contribution in [0, 0.1) is 6.92 Å². The van der Waals surface area contributed by atoms with Crippen LogP contribution in [0.25, 0.3) is 0 Å². The third-order valence-corrected chi connectivity index (χ3v) is 3.49. The van der Waals surface area contributed by atoms with Crippen LogP contribution in [0.4, 0.5) is 0 Å². The Morgan fingerprint density at radius 2 is 2.17 bits per heavy atom. The van der Waals surface area contributed by atoms with Crippen molar-refractivity contribution in [1.29, 1.82) is 0 Å². The summed E-state index contributed by atoms with van der Waals surface area (Å²) in [6, 6.07) is 6.69. The number of hydrogen-bond acceptors (Lipinski definition) is 2. The minimum Gasteiger partial charge on any atom is -0.385 e. The van der Waals surface area contributed by atoms with Gasteiger partial charge in [-0.15, -0.1) is 0 Å². The van der Waals surface area contributed by atoms with Crippen molar-refractivity contribution in [3.63, 3.8) is 0 Å². The molecule has 0 amide bonds. The van der Waals surface area contributed by atoms with E-state index in [4.69, 9.17) is 16.3 Å². The molecular formula is C15H24ClNO. The van der Waals surface area contributed by atoms with Gasteiger partial charge in [0.25, 0.3) is 0 Å². The number of aryl methyl sites for hydroxylation is 1. The van der Waals surface area contributed by atoms with E-state index >= 15 is 0 Å². The highest BCUT2D eigenvalue weighted by atomic mass is 35.5. The molecule has 1 aromatic rings. The van der Waals surface area contributed by atoms with Gasteiger partial charge < -0.3 is 10.1 Å². The van der Waals surface area contributed by atoms with E-state index in [-0.39, 0.29) is 0 Å². The Hall–Kier alpha value is -0.570. The van der Waals surface area contributed by atoms with Crippen molar-refractivity contribution >= 4 is 11.6 Å². The SMILES string of the molecule is CCCNC(CCCOC)c1ccc(Cl)c(C)c1. The van der Waals surface area contributed by atoms with Crippen LogP contribution in [0.1, 0.15) is 43.4 Å². The standard InChI is InChI=1S/C15H24ClNO/c1-4-9-17-15(6-5-10-18-3)13-7-8-14(16)12(2)11-13/h7-8,11,15,17H,4-6,9-10H2,1-3H3. The van der Waals surface area contributed by atoms with Crippen molar-refractivity contribution in [2.24, 2.45) is 0 Å². The molecule has 18 heavy (non-hydrogen) atoms. The zero-order valence-corrected chi connectivity index (χ0v) is 12.4. The molecule has 0 aliphatic rings. The second-order valence-electron chi connectivity index (χ2n) is 4.65. The van der Waals surface area contributed by atoms with Gasteiger partial charge in [-0.1, -0.05) is 30.7 Å². The molecule has 1 rings (SSSR count). The number of methoxy groups -OCH3 is 1. The Bertz CT molecular complexity index is 354. The molecule has 102 valence electrons. The van der Waals surface area contributed by atoms with Crippen molar-refractivity contribution in [3.8, 4) is 0 Å². The average Bonchev–Trinajstić information content (AvgIpc) is 2.37. The molecule has 0 bridgehead atoms. The minimum absolute atomic E-state index is 0.399. The fraction of sp³-hybridized carbons (Fsp3) is 0.600. The number of hydrogen-bond donors (Lipinski definition) is 1. The monoisotopic (exact) mass is 269 g/mol. The molecular weight excluding hydrogens is 246 g/mol. The summed E-state index contributed by atoms with van der Waals surface area (Å²) in [6.07, 6.45) is 3.31. The van der Waals surface area contributed by atoms with E-state index in [9.17, 15) is 0 Å². The summed E-state index contributed by atoms with van der Waals surface area (Å²) in [5.74, 6) is 0. The molecule has 0 saturated heterocycles. The first-order valence-electron chi connectivity index (χ1n) is 6.67. The van der Waals surface area contributed by atoms with Gasteiger partial charge in [0.05, 0.1) is 0 Å². The molecule has 0 spiro atoms. The maximum Gasteiger partial charge on any atom is 0.0462 e. The van der Waals surface area contributed by atoms with Crippen molar-refractivity contribution in [1.82, 2.24) is 5.32 Å². The Labute approximate surface area is 116 Å². The number of nitrogens with one attached hydrogen (secondary N) is 1. The van der Waals surface area contributed by atoms with Crippen molar-refractivity contribution in [2.75, 3.05) is 20.3 Å². The Balaban J connectivity index is 2.70. The van der Waals surface area contributed by atoms with E-state index in [1.54, 1.807) is 7.11 Å². The Morgan fingerprint density at radius 3 is 2.78 bits per heavy atom. The first kappa shape index (κ1) is 15.5. The highest BCUT2D eigenvalue weighted by Crippen LogP contribution is 2.23. The third kappa shape index (κ3) is 4.97. The van der Waals surface area contributed by atoms with E-state index in [0.717, 1.165) is 43.0 Å². The van der Waals surface area contributed by atoms with Crippen molar-refractivity contribution in [2.45, 2.75) is 39.2 Å². The summed E-state index contributed by atoms with van der Waals surface area (Å²) in [5, 5.41) is 4.43. The normalized spacial score (nSPS) is 12.7. The number of ether oxygens (including phenoxy) is 1. The second kappa shape index (κ2) is 8.52. The molecule has 0 radical (unpaired) electrons. The minimum atomic E-state index is 0.399. The fourth-order valence-corrected chi connectivity index (χ4v) is 2.14. The molecule has 0 aliphatic carbocycles. The van der Waals surface area contributed by atoms with E-state index in [1.807, 2.05) is 6.07 Å². The van der Waals surface area contributed by atoms with Gasteiger partial charge in [-0.2, -0.15) is 0 Å². The van der Waals surface area contributed by atoms with Gasteiger partial charge in [0.15, 0.2) is 0 Å². The van der Waals surface area contributed by atoms with Gasteiger partial charge in [0.2, 0.25) is 0 Å². The molecule has 0 fully saturated rings. The predicted octanol–water partition coefficient (Wildman–Crippen LogP) is 4.12. The third-order valence-electron chi connectivity index (χ3n) is 3.07. The molecule has 1 unspecified atom stereocenters. The number of halogens is 1.